The van der Waals surface area contributed by atoms with Crippen LogP contribution in [0.5, 0.6) is 0 Å². The van der Waals surface area contributed by atoms with Crippen LogP contribution < -0.4 is 5.32 Å². The van der Waals surface area contributed by atoms with Crippen LogP contribution in [0.25, 0.3) is 0 Å². The summed E-state index contributed by atoms with van der Waals surface area (Å²) in [6.07, 6.45) is 2.45. The van der Waals surface area contributed by atoms with Crippen molar-refractivity contribution in [3.63, 3.8) is 0 Å². The summed E-state index contributed by atoms with van der Waals surface area (Å²) in [6.45, 7) is 6.66. The van der Waals surface area contributed by atoms with E-state index in [0.717, 1.165) is 24.3 Å². The summed E-state index contributed by atoms with van der Waals surface area (Å²) in [5.41, 5.74) is 1.73. The number of halogens is 1. The van der Waals surface area contributed by atoms with Crippen molar-refractivity contribution in [2.24, 2.45) is 5.92 Å². The van der Waals surface area contributed by atoms with E-state index in [-0.39, 0.29) is 5.91 Å². The lowest BCUT2D eigenvalue weighted by Gasteiger charge is -2.30. The first-order valence-corrected chi connectivity index (χ1v) is 7.21. The highest BCUT2D eigenvalue weighted by molar-refractivity contribution is 6.31. The second-order valence-corrected chi connectivity index (χ2v) is 5.85. The van der Waals surface area contributed by atoms with Crippen LogP contribution in [0, 0.1) is 12.8 Å². The molecule has 1 amide bonds. The molecular weight excluding hydrogens is 260 g/mol. The summed E-state index contributed by atoms with van der Waals surface area (Å²) in [5, 5.41) is 3.63. The molecule has 1 aliphatic rings. The average molecular weight is 281 g/mol. The minimum absolute atomic E-state index is 0.0412. The van der Waals surface area contributed by atoms with Gasteiger partial charge in [-0.3, -0.25) is 9.69 Å². The van der Waals surface area contributed by atoms with Gasteiger partial charge in [0.25, 0.3) is 0 Å². The molecule has 1 aromatic rings. The van der Waals surface area contributed by atoms with Gasteiger partial charge in [0, 0.05) is 17.3 Å². The van der Waals surface area contributed by atoms with Crippen LogP contribution in [0.3, 0.4) is 0 Å². The number of piperidine rings is 1. The monoisotopic (exact) mass is 280 g/mol. The van der Waals surface area contributed by atoms with Crippen LogP contribution in [0.2, 0.25) is 5.02 Å². The van der Waals surface area contributed by atoms with E-state index < -0.39 is 0 Å². The Hall–Kier alpha value is -1.06. The molecule has 0 spiro atoms. The third kappa shape index (κ3) is 3.95. The lowest BCUT2D eigenvalue weighted by molar-refractivity contribution is -0.117. The molecule has 0 radical (unpaired) electrons. The Bertz CT molecular complexity index is 461. The SMILES string of the molecule is Cc1c(Cl)cccc1NC(=O)CN1CCC[C@H](C)C1. The summed E-state index contributed by atoms with van der Waals surface area (Å²) in [7, 11) is 0. The van der Waals surface area contributed by atoms with Crippen molar-refractivity contribution in [3.8, 4) is 0 Å². The maximum atomic E-state index is 12.1. The maximum absolute atomic E-state index is 12.1. The van der Waals surface area contributed by atoms with Crippen LogP contribution in [-0.4, -0.2) is 30.4 Å². The molecule has 1 N–H and O–H groups in total. The zero-order valence-corrected chi connectivity index (χ0v) is 12.3. The molecule has 104 valence electrons. The van der Waals surface area contributed by atoms with E-state index in [0.29, 0.717) is 17.5 Å². The van der Waals surface area contributed by atoms with Crippen LogP contribution in [0.15, 0.2) is 18.2 Å². The van der Waals surface area contributed by atoms with Crippen molar-refractivity contribution >= 4 is 23.2 Å². The average Bonchev–Trinajstić information content (AvgIpc) is 2.35. The Balaban J connectivity index is 1.92. The van der Waals surface area contributed by atoms with E-state index in [9.17, 15) is 4.79 Å². The normalized spacial score (nSPS) is 20.3. The summed E-state index contributed by atoms with van der Waals surface area (Å²) >= 11 is 6.05. The van der Waals surface area contributed by atoms with Crippen molar-refractivity contribution in [1.82, 2.24) is 4.90 Å². The molecule has 1 aromatic carbocycles. The molecule has 1 atom stereocenters. The second kappa shape index (κ2) is 6.40. The van der Waals surface area contributed by atoms with Gasteiger partial charge >= 0.3 is 0 Å². The van der Waals surface area contributed by atoms with Gasteiger partial charge in [0.05, 0.1) is 6.54 Å². The highest BCUT2D eigenvalue weighted by Crippen LogP contribution is 2.23. The largest absolute Gasteiger partial charge is 0.325 e. The highest BCUT2D eigenvalue weighted by Gasteiger charge is 2.18. The Morgan fingerprint density at radius 3 is 3.05 bits per heavy atom. The number of nitrogens with one attached hydrogen (secondary N) is 1. The molecule has 19 heavy (non-hydrogen) atoms. The lowest BCUT2D eigenvalue weighted by Crippen LogP contribution is -2.39. The number of hydrogen-bond acceptors (Lipinski definition) is 2. The number of likely N-dealkylation sites (tertiary alicyclic amines) is 1. The quantitative estimate of drug-likeness (QED) is 0.921. The van der Waals surface area contributed by atoms with E-state index >= 15 is 0 Å². The first kappa shape index (κ1) is 14.4. The van der Waals surface area contributed by atoms with Crippen LogP contribution in [0.4, 0.5) is 5.69 Å². The number of hydrogen-bond donors (Lipinski definition) is 1. The van der Waals surface area contributed by atoms with E-state index in [2.05, 4.69) is 17.1 Å². The summed E-state index contributed by atoms with van der Waals surface area (Å²) in [5.74, 6) is 0.730. The summed E-state index contributed by atoms with van der Waals surface area (Å²) < 4.78 is 0. The summed E-state index contributed by atoms with van der Waals surface area (Å²) in [6, 6.07) is 5.57. The second-order valence-electron chi connectivity index (χ2n) is 5.44. The molecule has 3 nitrogen and oxygen atoms in total. The number of amides is 1. The fourth-order valence-corrected chi connectivity index (χ4v) is 2.74. The molecule has 1 saturated heterocycles. The van der Waals surface area contributed by atoms with E-state index in [1.807, 2.05) is 25.1 Å². The van der Waals surface area contributed by atoms with E-state index in [1.54, 1.807) is 0 Å². The number of anilines is 1. The zero-order chi connectivity index (χ0) is 13.8. The molecule has 2 rings (SSSR count). The highest BCUT2D eigenvalue weighted by atomic mass is 35.5. The Morgan fingerprint density at radius 2 is 2.32 bits per heavy atom. The fraction of sp³-hybridized carbons (Fsp3) is 0.533. The molecule has 0 aromatic heterocycles. The smallest absolute Gasteiger partial charge is 0.238 e. The van der Waals surface area contributed by atoms with Crippen molar-refractivity contribution in [2.75, 3.05) is 25.0 Å². The van der Waals surface area contributed by atoms with Gasteiger partial charge in [-0.2, -0.15) is 0 Å². The third-order valence-electron chi connectivity index (χ3n) is 3.65. The maximum Gasteiger partial charge on any atom is 0.238 e. The van der Waals surface area contributed by atoms with Gasteiger partial charge in [0.2, 0.25) is 5.91 Å². The Labute approximate surface area is 119 Å². The van der Waals surface area contributed by atoms with Gasteiger partial charge < -0.3 is 5.32 Å². The van der Waals surface area contributed by atoms with Crippen molar-refractivity contribution < 1.29 is 4.79 Å². The summed E-state index contributed by atoms with van der Waals surface area (Å²) in [4.78, 5) is 14.3. The predicted octanol–water partition coefficient (Wildman–Crippen LogP) is 3.32. The Morgan fingerprint density at radius 1 is 1.53 bits per heavy atom. The molecule has 0 unspecified atom stereocenters. The Kier molecular flexibility index (Phi) is 4.83. The minimum Gasteiger partial charge on any atom is -0.325 e. The molecule has 1 fully saturated rings. The van der Waals surface area contributed by atoms with E-state index in [4.69, 9.17) is 11.6 Å². The molecule has 0 saturated carbocycles. The van der Waals surface area contributed by atoms with Gasteiger partial charge in [0.1, 0.15) is 0 Å². The molecule has 0 aliphatic carbocycles. The molecule has 4 heteroatoms. The topological polar surface area (TPSA) is 32.3 Å². The van der Waals surface area contributed by atoms with Gasteiger partial charge in [0.15, 0.2) is 0 Å². The van der Waals surface area contributed by atoms with Gasteiger partial charge in [-0.05, 0) is 49.9 Å². The standard InChI is InChI=1S/C15H21ClN2O/c1-11-5-4-8-18(9-11)10-15(19)17-14-7-3-6-13(16)12(14)2/h3,6-7,11H,4-5,8-10H2,1-2H3,(H,17,19)/t11-/m0/s1. The number of carbonyl (C=O) groups is 1. The number of rotatable bonds is 3. The van der Waals surface area contributed by atoms with Gasteiger partial charge in [-0.15, -0.1) is 0 Å². The fourth-order valence-electron chi connectivity index (χ4n) is 2.57. The van der Waals surface area contributed by atoms with Gasteiger partial charge in [-0.25, -0.2) is 0 Å². The third-order valence-corrected chi connectivity index (χ3v) is 4.06. The first-order valence-electron chi connectivity index (χ1n) is 6.83. The van der Waals surface area contributed by atoms with Crippen molar-refractivity contribution in [1.29, 1.82) is 0 Å². The molecular formula is C15H21ClN2O. The number of carbonyl (C=O) groups excluding carboxylic acids is 1. The molecule has 0 bridgehead atoms. The number of nitrogens with zero attached hydrogens (tertiary/aromatic N) is 1. The van der Waals surface area contributed by atoms with Crippen molar-refractivity contribution in [2.45, 2.75) is 26.7 Å². The molecule has 1 heterocycles. The van der Waals surface area contributed by atoms with E-state index in [1.165, 1.54) is 12.8 Å². The first-order chi connectivity index (χ1) is 9.06. The van der Waals surface area contributed by atoms with Crippen molar-refractivity contribution in [3.05, 3.63) is 28.8 Å². The zero-order valence-electron chi connectivity index (χ0n) is 11.6. The van der Waals surface area contributed by atoms with Crippen LogP contribution in [0.1, 0.15) is 25.3 Å². The van der Waals surface area contributed by atoms with Crippen LogP contribution >= 0.6 is 11.6 Å². The predicted molar refractivity (Wildman–Crippen MR) is 79.7 cm³/mol. The lowest BCUT2D eigenvalue weighted by atomic mass is 10.0. The molecule has 1 aliphatic heterocycles. The van der Waals surface area contributed by atoms with Crippen LogP contribution in [-0.2, 0) is 4.79 Å². The van der Waals surface area contributed by atoms with Gasteiger partial charge in [-0.1, -0.05) is 24.6 Å². The minimum atomic E-state index is 0.0412. The number of benzene rings is 1.